The van der Waals surface area contributed by atoms with Gasteiger partial charge in [0.25, 0.3) is 5.56 Å². The highest BCUT2D eigenvalue weighted by atomic mass is 16.1. The number of fused-ring (bicyclic) bond motifs is 1. The standard InChI is InChI=1S/C21H19N5O2/c1-13-5-6-15(17-7-8-19(27)25-24-17)10-18(13)23-20(28)11-16-12-22-21-14(2)4-3-9-26(16)21/h3-10,12H,11H2,1-2H3,(H,23,28)(H,25,27). The molecule has 0 spiro atoms. The highest BCUT2D eigenvalue weighted by Crippen LogP contribution is 2.23. The Bertz CT molecular complexity index is 1220. The van der Waals surface area contributed by atoms with Gasteiger partial charge in [0.2, 0.25) is 5.91 Å². The maximum absolute atomic E-state index is 12.6. The fourth-order valence-electron chi connectivity index (χ4n) is 3.11. The summed E-state index contributed by atoms with van der Waals surface area (Å²) in [6.45, 7) is 3.92. The summed E-state index contributed by atoms with van der Waals surface area (Å²) in [5, 5.41) is 9.43. The summed E-state index contributed by atoms with van der Waals surface area (Å²) < 4.78 is 1.93. The van der Waals surface area contributed by atoms with Gasteiger partial charge in [-0.2, -0.15) is 5.10 Å². The van der Waals surface area contributed by atoms with E-state index in [2.05, 4.69) is 20.5 Å². The van der Waals surface area contributed by atoms with E-state index >= 15 is 0 Å². The molecule has 1 aromatic carbocycles. The second kappa shape index (κ2) is 7.11. The van der Waals surface area contributed by atoms with Crippen LogP contribution >= 0.6 is 0 Å². The fraction of sp³-hybridized carbons (Fsp3) is 0.143. The van der Waals surface area contributed by atoms with E-state index < -0.39 is 0 Å². The molecule has 0 aliphatic rings. The number of rotatable bonds is 4. The smallest absolute Gasteiger partial charge is 0.264 e. The van der Waals surface area contributed by atoms with Crippen molar-refractivity contribution in [2.24, 2.45) is 0 Å². The van der Waals surface area contributed by atoms with E-state index in [0.29, 0.717) is 11.4 Å². The number of anilines is 1. The normalized spacial score (nSPS) is 10.9. The van der Waals surface area contributed by atoms with Crippen LogP contribution < -0.4 is 10.9 Å². The Morgan fingerprint density at radius 2 is 2.00 bits per heavy atom. The Morgan fingerprint density at radius 3 is 2.79 bits per heavy atom. The first-order valence-electron chi connectivity index (χ1n) is 8.89. The average molecular weight is 373 g/mol. The molecular weight excluding hydrogens is 354 g/mol. The van der Waals surface area contributed by atoms with Crippen molar-refractivity contribution in [2.75, 3.05) is 5.32 Å². The van der Waals surface area contributed by atoms with Gasteiger partial charge in [0.15, 0.2) is 0 Å². The van der Waals surface area contributed by atoms with Crippen LogP contribution in [0.2, 0.25) is 0 Å². The number of nitrogens with one attached hydrogen (secondary N) is 2. The Hall–Kier alpha value is -3.74. The highest BCUT2D eigenvalue weighted by Gasteiger charge is 2.12. The number of hydrogen-bond donors (Lipinski definition) is 2. The summed E-state index contributed by atoms with van der Waals surface area (Å²) in [5.74, 6) is -0.127. The summed E-state index contributed by atoms with van der Waals surface area (Å²) in [6.07, 6.45) is 3.85. The first-order valence-corrected chi connectivity index (χ1v) is 8.89. The lowest BCUT2D eigenvalue weighted by Gasteiger charge is -2.10. The van der Waals surface area contributed by atoms with Crippen LogP contribution in [0.15, 0.2) is 59.7 Å². The molecular formula is C21H19N5O2. The number of hydrogen-bond acceptors (Lipinski definition) is 4. The molecule has 0 bridgehead atoms. The van der Waals surface area contributed by atoms with Gasteiger partial charge in [-0.05, 0) is 43.2 Å². The highest BCUT2D eigenvalue weighted by molar-refractivity contribution is 5.93. The van der Waals surface area contributed by atoms with Gasteiger partial charge in [0.1, 0.15) is 5.65 Å². The Balaban J connectivity index is 1.57. The predicted octanol–water partition coefficient (Wildman–Crippen LogP) is 2.88. The molecule has 0 aliphatic carbocycles. The van der Waals surface area contributed by atoms with Crippen LogP contribution in [0, 0.1) is 13.8 Å². The number of carbonyl (C=O) groups excluding carboxylic acids is 1. The molecule has 1 amide bonds. The van der Waals surface area contributed by atoms with Gasteiger partial charge < -0.3 is 9.72 Å². The zero-order valence-corrected chi connectivity index (χ0v) is 15.6. The zero-order chi connectivity index (χ0) is 19.7. The molecule has 3 aromatic heterocycles. The van der Waals surface area contributed by atoms with Crippen LogP contribution in [0.25, 0.3) is 16.9 Å². The van der Waals surface area contributed by atoms with Crippen molar-refractivity contribution in [1.82, 2.24) is 19.6 Å². The van der Waals surface area contributed by atoms with Crippen molar-refractivity contribution in [3.05, 3.63) is 82.0 Å². The van der Waals surface area contributed by atoms with Crippen molar-refractivity contribution < 1.29 is 4.79 Å². The van der Waals surface area contributed by atoms with E-state index in [1.165, 1.54) is 6.07 Å². The Labute approximate surface area is 161 Å². The maximum atomic E-state index is 12.6. The molecule has 4 rings (SSSR count). The summed E-state index contributed by atoms with van der Waals surface area (Å²) in [4.78, 5) is 28.2. The van der Waals surface area contributed by atoms with Crippen LogP contribution in [0.1, 0.15) is 16.8 Å². The van der Waals surface area contributed by atoms with E-state index in [-0.39, 0.29) is 17.9 Å². The number of aryl methyl sites for hydroxylation is 2. The van der Waals surface area contributed by atoms with Crippen molar-refractivity contribution >= 4 is 17.2 Å². The molecule has 7 heteroatoms. The second-order valence-electron chi connectivity index (χ2n) is 6.70. The number of nitrogens with zero attached hydrogens (tertiary/aromatic N) is 3. The largest absolute Gasteiger partial charge is 0.325 e. The molecule has 3 heterocycles. The van der Waals surface area contributed by atoms with Crippen molar-refractivity contribution in [3.8, 4) is 11.3 Å². The lowest BCUT2D eigenvalue weighted by molar-refractivity contribution is -0.115. The SMILES string of the molecule is Cc1ccc(-c2ccc(=O)[nH]n2)cc1NC(=O)Cc1cnc2c(C)cccn12. The van der Waals surface area contributed by atoms with E-state index in [0.717, 1.165) is 28.0 Å². The molecule has 0 fully saturated rings. The zero-order valence-electron chi connectivity index (χ0n) is 15.6. The monoisotopic (exact) mass is 373 g/mol. The van der Waals surface area contributed by atoms with E-state index in [1.807, 2.05) is 54.8 Å². The number of amides is 1. The second-order valence-corrected chi connectivity index (χ2v) is 6.70. The van der Waals surface area contributed by atoms with Crippen molar-refractivity contribution in [1.29, 1.82) is 0 Å². The summed E-state index contributed by atoms with van der Waals surface area (Å²) >= 11 is 0. The van der Waals surface area contributed by atoms with Gasteiger partial charge in [0.05, 0.1) is 17.8 Å². The lowest BCUT2D eigenvalue weighted by atomic mass is 10.1. The molecule has 0 atom stereocenters. The number of imidazole rings is 1. The summed E-state index contributed by atoms with van der Waals surface area (Å²) in [5.41, 5.74) is 5.57. The molecule has 0 saturated heterocycles. The molecule has 0 radical (unpaired) electrons. The molecule has 28 heavy (non-hydrogen) atoms. The van der Waals surface area contributed by atoms with Crippen molar-refractivity contribution in [3.63, 3.8) is 0 Å². The first-order chi connectivity index (χ1) is 13.5. The Kier molecular flexibility index (Phi) is 4.49. The van der Waals surface area contributed by atoms with Crippen LogP contribution in [-0.4, -0.2) is 25.5 Å². The summed E-state index contributed by atoms with van der Waals surface area (Å²) in [7, 11) is 0. The molecule has 7 nitrogen and oxygen atoms in total. The fourth-order valence-corrected chi connectivity index (χ4v) is 3.11. The molecule has 2 N–H and O–H groups in total. The third kappa shape index (κ3) is 3.42. The number of aromatic amines is 1. The van der Waals surface area contributed by atoms with Crippen LogP contribution in [0.4, 0.5) is 5.69 Å². The number of H-pyrrole nitrogens is 1. The third-order valence-corrected chi connectivity index (χ3v) is 4.64. The number of pyridine rings is 1. The van der Waals surface area contributed by atoms with Gasteiger partial charge >= 0.3 is 0 Å². The molecule has 0 unspecified atom stereocenters. The van der Waals surface area contributed by atoms with Gasteiger partial charge in [-0.1, -0.05) is 18.2 Å². The predicted molar refractivity (Wildman–Crippen MR) is 107 cm³/mol. The number of benzene rings is 1. The van der Waals surface area contributed by atoms with Crippen LogP contribution in [0.3, 0.4) is 0 Å². The third-order valence-electron chi connectivity index (χ3n) is 4.64. The van der Waals surface area contributed by atoms with Gasteiger partial charge in [-0.3, -0.25) is 9.59 Å². The molecule has 4 aromatic rings. The minimum atomic E-state index is -0.257. The van der Waals surface area contributed by atoms with Gasteiger partial charge in [-0.25, -0.2) is 10.1 Å². The number of carbonyl (C=O) groups is 1. The molecule has 0 saturated carbocycles. The summed E-state index contributed by atoms with van der Waals surface area (Å²) in [6, 6.07) is 12.7. The maximum Gasteiger partial charge on any atom is 0.264 e. The average Bonchev–Trinajstić information content (AvgIpc) is 3.08. The minimum Gasteiger partial charge on any atom is -0.325 e. The Morgan fingerprint density at radius 1 is 1.14 bits per heavy atom. The van der Waals surface area contributed by atoms with Crippen LogP contribution in [0.5, 0.6) is 0 Å². The number of aromatic nitrogens is 4. The quantitative estimate of drug-likeness (QED) is 0.575. The van der Waals surface area contributed by atoms with E-state index in [1.54, 1.807) is 12.3 Å². The van der Waals surface area contributed by atoms with Gasteiger partial charge in [-0.15, -0.1) is 0 Å². The van der Waals surface area contributed by atoms with E-state index in [4.69, 9.17) is 0 Å². The molecule has 140 valence electrons. The first kappa shape index (κ1) is 17.7. The van der Waals surface area contributed by atoms with Gasteiger partial charge in [0, 0.05) is 29.7 Å². The topological polar surface area (TPSA) is 92.1 Å². The van der Waals surface area contributed by atoms with Crippen molar-refractivity contribution in [2.45, 2.75) is 20.3 Å². The minimum absolute atomic E-state index is 0.127. The lowest BCUT2D eigenvalue weighted by Crippen LogP contribution is -2.16. The van der Waals surface area contributed by atoms with Crippen LogP contribution in [-0.2, 0) is 11.2 Å². The van der Waals surface area contributed by atoms with E-state index in [9.17, 15) is 9.59 Å². The molecule has 0 aliphatic heterocycles.